The van der Waals surface area contributed by atoms with E-state index in [9.17, 15) is 102 Å². The molecule has 4 fully saturated rings. The summed E-state index contributed by atoms with van der Waals surface area (Å²) in [6.45, 7) is 22.5. The molecule has 115 heavy (non-hydrogen) atoms. The molecule has 1 aromatic rings. The summed E-state index contributed by atoms with van der Waals surface area (Å²) in [6, 6.07) is 6.44. The summed E-state index contributed by atoms with van der Waals surface area (Å²) in [7, 11) is -29.8. The Balaban J connectivity index is -0.000000196. The third-order valence-electron chi connectivity index (χ3n) is 15.3. The number of sulfonamides is 8. The summed E-state index contributed by atoms with van der Waals surface area (Å²) in [4.78, 5) is 0. The van der Waals surface area contributed by atoms with Gasteiger partial charge in [-0.05, 0) is 203 Å². The number of rotatable bonds is 30. The monoisotopic (exact) mass is 1880 g/mol. The highest BCUT2D eigenvalue weighted by atomic mass is 32.2. The Bertz CT molecular complexity index is 4200. The van der Waals surface area contributed by atoms with E-state index in [0.717, 1.165) is 43.9 Å². The van der Waals surface area contributed by atoms with E-state index in [-0.39, 0.29) is 74.0 Å². The summed E-state index contributed by atoms with van der Waals surface area (Å²) < 4.78 is 332. The maximum Gasteiger partial charge on any atom is 0.307 e. The summed E-state index contributed by atoms with van der Waals surface area (Å²) >= 11 is 0. The van der Waals surface area contributed by atoms with Crippen LogP contribution in [0, 0.1) is 5.92 Å². The van der Waals surface area contributed by atoms with Crippen LogP contribution in [0.2, 0.25) is 0 Å². The second kappa shape index (κ2) is 56.0. The highest BCUT2D eigenvalue weighted by molar-refractivity contribution is 7.99. The standard InChI is InChI=1S/C11H17NO2S.C8H17NO2S.C7H13F2NO3S.C7H13F2NO2S.C7H15NO2S.C6H15NO2S.C6H15NOS.C6H14OS.C5H11F2NO2S.C5H13NO2S.3CH4/c1-10(2)12(3)15(13,14)9-11-7-5-4-6-8-11;1-7(2)9(12(3,10)11)8-5-4-6-8;1-5(2)10(7(8)9)14(11,12)6-3-13-4-6;1-5(2)10(7(8)9)13(11,12)6-3-4-6;1-6(2)8(7-4-5-7)11(3,9)10;1-5-7(6(2)3)10(4,8)9;1-6(2)7(3)9(4,5)8;1-6(2)5-8(3,4)7;1-4(2)8(5(6)7)11(3,9)10;1-5(2)6(3)9(4,7)8;;;/h4-8,10H,9H2,1-3H3;7-8H,4-6H2,1-3H3;5-7H,3-4H2,1-2H3;5-7H,3-4H2,1-2H3;6-7H,4-5H2,1-3H3;6H,5H2,1-4H3;6H,4H2,1-3,5H3;6H,3,5H2,1-2,4H3;4-5H,1-3H3;5H,1-4H3;3*1H4/i3D3;;;;;;;;;3D3;;;. The Morgan fingerprint density at radius 2 is 0.748 bits per heavy atom. The van der Waals surface area contributed by atoms with Crippen molar-refractivity contribution in [3.05, 3.63) is 35.9 Å². The first kappa shape index (κ1) is 115. The average Bonchev–Trinajstić information content (AvgIpc) is 1.72. The van der Waals surface area contributed by atoms with E-state index in [4.69, 9.17) is 8.22 Å². The SMILES string of the molecule is C.C.C.C=S(C)(=O)CC(C)C.C=S(C)(=O)N(C)C(C)C.CC(C)N(C(F)F)S(=O)(=O)C1CC1.CC(C)N(C(F)F)S(=O)(=O)C1COC1.CC(C)N(C(F)F)S(C)(=O)=O.CC(C)N(C1CC1)S(C)(=O)=O.CC(C)N(C1CCC1)S(C)(=O)=O.CCN(C(C)C)S(C)(=O)=O.[2H]C([2H])([2H])N(C(C)C)S(=O)(=O)Cc1ccccc1.[2H]C([2H])([2H])N(C(C)C)S(C)(=O)=O. The molecular weight excluding hydrogens is 1720 g/mol. The second-order valence-corrected chi connectivity index (χ2v) is 50.9. The van der Waals surface area contributed by atoms with Crippen molar-refractivity contribution >= 4 is 111 Å². The van der Waals surface area contributed by atoms with Crippen molar-refractivity contribution in [1.82, 2.24) is 38.7 Å². The first-order valence-corrected chi connectivity index (χ1v) is 54.3. The zero-order chi connectivity index (χ0) is 95.3. The van der Waals surface area contributed by atoms with Gasteiger partial charge in [0.2, 0.25) is 80.2 Å². The van der Waals surface area contributed by atoms with Crippen LogP contribution in [0.15, 0.2) is 30.3 Å². The molecule has 2 atom stereocenters. The molecule has 44 heteroatoms. The molecule has 0 spiro atoms. The van der Waals surface area contributed by atoms with Crippen molar-refractivity contribution in [2.45, 2.75) is 315 Å². The Labute approximate surface area is 707 Å². The van der Waals surface area contributed by atoms with Crippen LogP contribution < -0.4 is 0 Å². The van der Waals surface area contributed by atoms with Crippen molar-refractivity contribution in [3.8, 4) is 0 Å². The zero-order valence-corrected chi connectivity index (χ0v) is 79.4. The Hall–Kier alpha value is -1.96. The van der Waals surface area contributed by atoms with E-state index in [1.54, 1.807) is 69.6 Å². The predicted octanol–water partition coefficient (Wildman–Crippen LogP) is 11.3. The average molecular weight is 1880 g/mol. The molecule has 28 nitrogen and oxygen atoms in total. The van der Waals surface area contributed by atoms with Crippen molar-refractivity contribution in [2.75, 3.05) is 90.3 Å². The Kier molecular flexibility index (Phi) is 56.1. The van der Waals surface area contributed by atoms with Crippen LogP contribution in [0.25, 0.3) is 0 Å². The molecule has 5 rings (SSSR count). The van der Waals surface area contributed by atoms with Gasteiger partial charge in [-0.15, -0.1) is 12.9 Å². The lowest BCUT2D eigenvalue weighted by Crippen LogP contribution is -2.52. The van der Waals surface area contributed by atoms with Crippen LogP contribution in [0.4, 0.5) is 26.3 Å². The molecule has 1 aromatic carbocycles. The number of halogens is 6. The van der Waals surface area contributed by atoms with Crippen LogP contribution in [0.3, 0.4) is 0 Å². The maximum absolute atomic E-state index is 12.5. The Morgan fingerprint density at radius 3 is 0.870 bits per heavy atom. The Morgan fingerprint density at radius 1 is 0.417 bits per heavy atom. The number of benzene rings is 1. The van der Waals surface area contributed by atoms with E-state index in [0.29, 0.717) is 55.9 Å². The van der Waals surface area contributed by atoms with Gasteiger partial charge >= 0.3 is 19.6 Å². The second-order valence-electron chi connectivity index (χ2n) is 30.2. The van der Waals surface area contributed by atoms with Gasteiger partial charge in [0.15, 0.2) is 0 Å². The molecule has 700 valence electrons. The molecule has 0 amide bonds. The molecular formula is C71H155F6N9O19S10. The predicted molar refractivity (Wildman–Crippen MR) is 471 cm³/mol. The summed E-state index contributed by atoms with van der Waals surface area (Å²) in [5.41, 5.74) is 0.576. The summed E-state index contributed by atoms with van der Waals surface area (Å²) in [6.07, 6.45) is 15.1. The molecule has 3 aliphatic carbocycles. The van der Waals surface area contributed by atoms with Gasteiger partial charge in [0.25, 0.3) is 0 Å². The molecule has 0 N–H and O–H groups in total. The van der Waals surface area contributed by atoms with Crippen molar-refractivity contribution in [2.24, 2.45) is 5.92 Å². The number of alkyl halides is 6. The molecule has 0 radical (unpaired) electrons. The topological polar surface area (TPSA) is 346 Å². The highest BCUT2D eigenvalue weighted by Gasteiger charge is 2.45. The third kappa shape index (κ3) is 54.3. The van der Waals surface area contributed by atoms with Gasteiger partial charge in [-0.1, -0.05) is 79.8 Å². The molecule has 1 heterocycles. The zero-order valence-electron chi connectivity index (χ0n) is 77.2. The third-order valence-corrected chi connectivity index (χ3v) is 31.8. The van der Waals surface area contributed by atoms with Gasteiger partial charge in [0.05, 0.1) is 55.5 Å². The highest BCUT2D eigenvalue weighted by Crippen LogP contribution is 2.34. The minimum Gasteiger partial charge on any atom is -0.378 e. The molecule has 2 unspecified atom stereocenters. The first-order chi connectivity index (χ1) is 52.2. The van der Waals surface area contributed by atoms with Gasteiger partial charge < -0.3 is 4.74 Å². The van der Waals surface area contributed by atoms with E-state index >= 15 is 0 Å². The normalized spacial score (nSPS) is 17.3. The van der Waals surface area contributed by atoms with Gasteiger partial charge in [-0.3, -0.25) is 8.42 Å². The van der Waals surface area contributed by atoms with Crippen LogP contribution >= 0.6 is 0 Å². The number of hydrogen-bond donors (Lipinski definition) is 0. The lowest BCUT2D eigenvalue weighted by Gasteiger charge is -2.38. The van der Waals surface area contributed by atoms with Gasteiger partial charge in [0, 0.05) is 123 Å². The number of ether oxygens (including phenoxy) is 1. The van der Waals surface area contributed by atoms with Crippen LogP contribution in [0.5, 0.6) is 0 Å². The van der Waals surface area contributed by atoms with Crippen LogP contribution in [-0.4, -0.2) is 313 Å². The molecule has 4 aliphatic rings. The quantitative estimate of drug-likeness (QED) is 0.0392. The first-order valence-electron chi connectivity index (χ1n) is 39.0. The van der Waals surface area contributed by atoms with Crippen molar-refractivity contribution in [3.63, 3.8) is 0 Å². The summed E-state index contributed by atoms with van der Waals surface area (Å²) in [5.74, 6) is 8.03. The fourth-order valence-corrected chi connectivity index (χ4v) is 23.3. The van der Waals surface area contributed by atoms with Crippen molar-refractivity contribution in [1.29, 1.82) is 0 Å². The van der Waals surface area contributed by atoms with E-state index in [1.165, 1.54) is 84.9 Å². The summed E-state index contributed by atoms with van der Waals surface area (Å²) in [5, 5.41) is -1.37. The minimum atomic E-state index is -3.90. The fraction of sp³-hybridized carbons (Fsp3) is 0.887. The van der Waals surface area contributed by atoms with Gasteiger partial charge in [0.1, 0.15) is 5.25 Å². The molecule has 0 aromatic heterocycles. The maximum atomic E-state index is 12.5. The largest absolute Gasteiger partial charge is 0.378 e. The lowest BCUT2D eigenvalue weighted by atomic mass is 9.92. The molecule has 3 saturated carbocycles. The van der Waals surface area contributed by atoms with E-state index in [2.05, 4.69) is 16.5 Å². The van der Waals surface area contributed by atoms with Gasteiger partial charge in [-0.25, -0.2) is 80.3 Å². The van der Waals surface area contributed by atoms with Crippen LogP contribution in [-0.2, 0) is 110 Å². The van der Waals surface area contributed by atoms with E-state index < -0.39 is 174 Å². The molecule has 1 aliphatic heterocycles. The van der Waals surface area contributed by atoms with E-state index in [1.807, 2.05) is 83.2 Å². The smallest absolute Gasteiger partial charge is 0.307 e. The van der Waals surface area contributed by atoms with Gasteiger partial charge in [-0.2, -0.15) is 39.3 Å². The molecule has 0 bridgehead atoms. The minimum absolute atomic E-state index is 0. The van der Waals surface area contributed by atoms with Crippen LogP contribution in [0.1, 0.15) is 226 Å². The molecule has 1 saturated heterocycles. The number of hydrogen-bond acceptors (Lipinski definition) is 19. The van der Waals surface area contributed by atoms with Crippen molar-refractivity contribution < 1.29 is 115 Å². The number of nitrogens with zero attached hydrogens (tertiary/aromatic N) is 9. The lowest BCUT2D eigenvalue weighted by molar-refractivity contribution is 0.00217. The fourth-order valence-electron chi connectivity index (χ4n) is 9.92.